The molecule has 0 bridgehead atoms. The lowest BCUT2D eigenvalue weighted by atomic mass is 9.85. The van der Waals surface area contributed by atoms with Crippen LogP contribution in [0.5, 0.6) is 0 Å². The summed E-state index contributed by atoms with van der Waals surface area (Å²) in [7, 11) is 0. The van der Waals surface area contributed by atoms with Gasteiger partial charge in [0.05, 0.1) is 0 Å². The molecule has 0 unspecified atom stereocenters. The van der Waals surface area contributed by atoms with Crippen LogP contribution in [0, 0.1) is 17.3 Å². The maximum absolute atomic E-state index is 9.29. The first-order valence-electron chi connectivity index (χ1n) is 6.46. The molecule has 0 aromatic carbocycles. The molecule has 1 N–H and O–H groups in total. The third-order valence-corrected chi connectivity index (χ3v) is 2.95. The molecular weight excluding hydrogens is 184 g/mol. The zero-order chi connectivity index (χ0) is 11.9. The smallest absolute Gasteiger partial charge is 0.0459 e. The predicted molar refractivity (Wildman–Crippen MR) is 68.0 cm³/mol. The van der Waals surface area contributed by atoms with E-state index >= 15 is 0 Å². The minimum absolute atomic E-state index is 0.369. The van der Waals surface area contributed by atoms with Gasteiger partial charge in [0.1, 0.15) is 0 Å². The van der Waals surface area contributed by atoms with Crippen molar-refractivity contribution in [3.8, 4) is 0 Å². The Hall–Kier alpha value is -0.0400. The number of rotatable bonds is 7. The molecule has 1 nitrogen and oxygen atoms in total. The summed E-state index contributed by atoms with van der Waals surface area (Å²) in [5.74, 6) is 1.33. The summed E-state index contributed by atoms with van der Waals surface area (Å²) in [5, 5.41) is 9.29. The fraction of sp³-hybridized carbons (Fsp3) is 1.00. The molecule has 0 aliphatic rings. The zero-order valence-corrected chi connectivity index (χ0v) is 11.3. The maximum atomic E-state index is 9.29. The Morgan fingerprint density at radius 2 is 1.60 bits per heavy atom. The molecule has 1 heteroatoms. The number of hydrogen-bond acceptors (Lipinski definition) is 1. The minimum atomic E-state index is 0.369. The van der Waals surface area contributed by atoms with Gasteiger partial charge in [-0.2, -0.15) is 0 Å². The zero-order valence-electron chi connectivity index (χ0n) is 11.3. The van der Waals surface area contributed by atoms with Crippen LogP contribution in [0.4, 0.5) is 0 Å². The van der Waals surface area contributed by atoms with Crippen LogP contribution in [-0.2, 0) is 0 Å². The second-order valence-corrected chi connectivity index (χ2v) is 6.47. The lowest BCUT2D eigenvalue weighted by Gasteiger charge is -2.22. The standard InChI is InChI=1S/C14H30O/c1-12(2)7-6-8-13(11-15)9-10-14(3,4)5/h12-13,15H,6-11H2,1-5H3/t13-/m1/s1. The predicted octanol–water partition coefficient (Wildman–Crippen LogP) is 4.25. The normalized spacial score (nSPS) is 14.6. The highest BCUT2D eigenvalue weighted by Crippen LogP contribution is 2.26. The van der Waals surface area contributed by atoms with E-state index in [1.54, 1.807) is 0 Å². The number of aliphatic hydroxyl groups excluding tert-OH is 1. The average molecular weight is 214 g/mol. The van der Waals surface area contributed by atoms with Crippen molar-refractivity contribution in [1.82, 2.24) is 0 Å². The molecule has 0 heterocycles. The molecule has 0 aliphatic carbocycles. The Labute approximate surface area is 96.3 Å². The van der Waals surface area contributed by atoms with E-state index in [-0.39, 0.29) is 0 Å². The SMILES string of the molecule is CC(C)CCC[C@@H](CO)CCC(C)(C)C. The van der Waals surface area contributed by atoms with E-state index in [0.29, 0.717) is 17.9 Å². The summed E-state index contributed by atoms with van der Waals surface area (Å²) in [6.07, 6.45) is 6.17. The Balaban J connectivity index is 3.64. The largest absolute Gasteiger partial charge is 0.396 e. The fourth-order valence-corrected chi connectivity index (χ4v) is 1.78. The molecule has 0 saturated carbocycles. The van der Waals surface area contributed by atoms with Gasteiger partial charge in [0.25, 0.3) is 0 Å². The molecule has 15 heavy (non-hydrogen) atoms. The first-order valence-corrected chi connectivity index (χ1v) is 6.46. The van der Waals surface area contributed by atoms with Gasteiger partial charge in [0.2, 0.25) is 0 Å². The van der Waals surface area contributed by atoms with Crippen molar-refractivity contribution in [3.63, 3.8) is 0 Å². The van der Waals surface area contributed by atoms with Crippen LogP contribution in [0.1, 0.15) is 66.7 Å². The van der Waals surface area contributed by atoms with Crippen LogP contribution in [0.15, 0.2) is 0 Å². The topological polar surface area (TPSA) is 20.2 Å². The quantitative estimate of drug-likeness (QED) is 0.672. The number of aliphatic hydroxyl groups is 1. The van der Waals surface area contributed by atoms with E-state index in [2.05, 4.69) is 34.6 Å². The second-order valence-electron chi connectivity index (χ2n) is 6.47. The first-order chi connectivity index (χ1) is 6.85. The van der Waals surface area contributed by atoms with Crippen molar-refractivity contribution in [2.24, 2.45) is 17.3 Å². The van der Waals surface area contributed by atoms with Gasteiger partial charge < -0.3 is 5.11 Å². The molecule has 0 aromatic heterocycles. The highest BCUT2D eigenvalue weighted by Gasteiger charge is 2.14. The Morgan fingerprint density at radius 3 is 2.00 bits per heavy atom. The molecule has 1 atom stereocenters. The van der Waals surface area contributed by atoms with Crippen molar-refractivity contribution >= 4 is 0 Å². The molecule has 0 fully saturated rings. The summed E-state index contributed by atoms with van der Waals surface area (Å²) in [6.45, 7) is 11.7. The van der Waals surface area contributed by atoms with E-state index in [1.807, 2.05) is 0 Å². The first kappa shape index (κ1) is 15.0. The molecule has 0 spiro atoms. The van der Waals surface area contributed by atoms with Crippen LogP contribution >= 0.6 is 0 Å². The summed E-state index contributed by atoms with van der Waals surface area (Å²) >= 11 is 0. The lowest BCUT2D eigenvalue weighted by Crippen LogP contribution is -2.12. The van der Waals surface area contributed by atoms with Crippen molar-refractivity contribution in [3.05, 3.63) is 0 Å². The Morgan fingerprint density at radius 1 is 1.00 bits per heavy atom. The van der Waals surface area contributed by atoms with E-state index in [4.69, 9.17) is 0 Å². The van der Waals surface area contributed by atoms with Crippen molar-refractivity contribution in [2.75, 3.05) is 6.61 Å². The molecule has 0 rings (SSSR count). The average Bonchev–Trinajstić information content (AvgIpc) is 2.08. The van der Waals surface area contributed by atoms with Gasteiger partial charge in [-0.1, -0.05) is 47.5 Å². The van der Waals surface area contributed by atoms with Gasteiger partial charge in [0.15, 0.2) is 0 Å². The molecule has 92 valence electrons. The van der Waals surface area contributed by atoms with E-state index < -0.39 is 0 Å². The van der Waals surface area contributed by atoms with Crippen molar-refractivity contribution < 1.29 is 5.11 Å². The van der Waals surface area contributed by atoms with Crippen LogP contribution in [0.25, 0.3) is 0 Å². The minimum Gasteiger partial charge on any atom is -0.396 e. The third kappa shape index (κ3) is 10.2. The summed E-state index contributed by atoms with van der Waals surface area (Å²) in [5.41, 5.74) is 0.408. The van der Waals surface area contributed by atoms with Crippen LogP contribution < -0.4 is 0 Å². The van der Waals surface area contributed by atoms with Gasteiger partial charge in [-0.3, -0.25) is 0 Å². The lowest BCUT2D eigenvalue weighted by molar-refractivity contribution is 0.189. The monoisotopic (exact) mass is 214 g/mol. The van der Waals surface area contributed by atoms with E-state index in [1.165, 1.54) is 32.1 Å². The molecular formula is C14H30O. The van der Waals surface area contributed by atoms with Crippen molar-refractivity contribution in [2.45, 2.75) is 66.7 Å². The van der Waals surface area contributed by atoms with Crippen molar-refractivity contribution in [1.29, 1.82) is 0 Å². The second kappa shape index (κ2) is 7.27. The maximum Gasteiger partial charge on any atom is 0.0459 e. The van der Waals surface area contributed by atoms with Crippen LogP contribution in [-0.4, -0.2) is 11.7 Å². The molecule has 0 aromatic rings. The molecule has 0 amide bonds. The fourth-order valence-electron chi connectivity index (χ4n) is 1.78. The third-order valence-electron chi connectivity index (χ3n) is 2.95. The molecule has 0 radical (unpaired) electrons. The highest BCUT2D eigenvalue weighted by atomic mass is 16.3. The molecule has 0 saturated heterocycles. The van der Waals surface area contributed by atoms with Gasteiger partial charge in [-0.15, -0.1) is 0 Å². The van der Waals surface area contributed by atoms with E-state index in [9.17, 15) is 5.11 Å². The van der Waals surface area contributed by atoms with Gasteiger partial charge >= 0.3 is 0 Å². The van der Waals surface area contributed by atoms with Gasteiger partial charge in [-0.05, 0) is 36.5 Å². The van der Waals surface area contributed by atoms with Crippen LogP contribution in [0.3, 0.4) is 0 Å². The summed E-state index contributed by atoms with van der Waals surface area (Å²) in [4.78, 5) is 0. The summed E-state index contributed by atoms with van der Waals surface area (Å²) in [6, 6.07) is 0. The van der Waals surface area contributed by atoms with Gasteiger partial charge in [0, 0.05) is 6.61 Å². The Bertz CT molecular complexity index is 144. The van der Waals surface area contributed by atoms with E-state index in [0.717, 1.165) is 5.92 Å². The van der Waals surface area contributed by atoms with Gasteiger partial charge in [-0.25, -0.2) is 0 Å². The summed E-state index contributed by atoms with van der Waals surface area (Å²) < 4.78 is 0. The highest BCUT2D eigenvalue weighted by molar-refractivity contribution is 4.66. The van der Waals surface area contributed by atoms with Crippen LogP contribution in [0.2, 0.25) is 0 Å². The Kier molecular flexibility index (Phi) is 7.25. The number of hydrogen-bond donors (Lipinski definition) is 1. The molecule has 0 aliphatic heterocycles.